The number of ether oxygens (including phenoxy) is 3. The third kappa shape index (κ3) is 4.97. The van der Waals surface area contributed by atoms with Crippen molar-refractivity contribution in [2.24, 2.45) is 5.92 Å². The molecule has 0 radical (unpaired) electrons. The van der Waals surface area contributed by atoms with Gasteiger partial charge in [0.2, 0.25) is 5.91 Å². The number of methoxy groups -OCH3 is 1. The summed E-state index contributed by atoms with van der Waals surface area (Å²) < 4.78 is 16.7. The minimum Gasteiger partial charge on any atom is -0.496 e. The molecule has 1 N–H and O–H groups in total. The van der Waals surface area contributed by atoms with Gasteiger partial charge in [0.15, 0.2) is 0 Å². The first-order valence-electron chi connectivity index (χ1n) is 11.2. The van der Waals surface area contributed by atoms with E-state index >= 15 is 0 Å². The maximum atomic E-state index is 12.6. The second-order valence-corrected chi connectivity index (χ2v) is 8.71. The van der Waals surface area contributed by atoms with Crippen LogP contribution in [0.25, 0.3) is 0 Å². The van der Waals surface area contributed by atoms with Crippen molar-refractivity contribution in [1.29, 1.82) is 0 Å². The highest BCUT2D eigenvalue weighted by Crippen LogP contribution is 2.28. The lowest BCUT2D eigenvalue weighted by Gasteiger charge is -2.45. The average molecular weight is 418 g/mol. The maximum Gasteiger partial charge on any atom is 0.223 e. The molecule has 3 fully saturated rings. The smallest absolute Gasteiger partial charge is 0.223 e. The third-order valence-corrected chi connectivity index (χ3v) is 6.90. The molecule has 1 amide bonds. The van der Waals surface area contributed by atoms with E-state index in [4.69, 9.17) is 14.2 Å². The normalized spacial score (nSPS) is 26.6. The number of nitrogens with one attached hydrogen (secondary N) is 1. The highest BCUT2D eigenvalue weighted by molar-refractivity contribution is 5.78. The van der Waals surface area contributed by atoms with Crippen LogP contribution in [0.1, 0.15) is 24.8 Å². The lowest BCUT2D eigenvalue weighted by atomic mass is 9.93. The molecule has 0 aliphatic carbocycles. The molecule has 1 unspecified atom stereocenters. The number of hydrogen-bond acceptors (Lipinski definition) is 6. The summed E-state index contributed by atoms with van der Waals surface area (Å²) in [6.07, 6.45) is 2.64. The number of piperazine rings is 1. The number of carbonyl (C=O) groups is 1. The van der Waals surface area contributed by atoms with Gasteiger partial charge in [0.1, 0.15) is 5.75 Å². The Hall–Kier alpha value is -1.67. The second-order valence-electron chi connectivity index (χ2n) is 8.71. The minimum atomic E-state index is -0.0721. The molecule has 1 atom stereocenters. The number of rotatable bonds is 7. The molecule has 3 saturated heterocycles. The SMILES string of the molecule is COc1ccccc1CN1CCN(C2(CNC(=O)C3CCOCC3)CCOC2)CC1. The first-order chi connectivity index (χ1) is 14.7. The van der Waals surface area contributed by atoms with E-state index in [1.54, 1.807) is 7.11 Å². The zero-order valence-electron chi connectivity index (χ0n) is 18.1. The van der Waals surface area contributed by atoms with Gasteiger partial charge in [-0.25, -0.2) is 0 Å². The number of benzene rings is 1. The van der Waals surface area contributed by atoms with Gasteiger partial charge in [-0.05, 0) is 25.3 Å². The summed E-state index contributed by atoms with van der Waals surface area (Å²) in [5.41, 5.74) is 1.16. The molecule has 0 spiro atoms. The Balaban J connectivity index is 1.31. The zero-order chi connectivity index (χ0) is 20.8. The second kappa shape index (κ2) is 10.1. The molecule has 4 rings (SSSR count). The van der Waals surface area contributed by atoms with Crippen molar-refractivity contribution < 1.29 is 19.0 Å². The van der Waals surface area contributed by atoms with Crippen LogP contribution in [0.2, 0.25) is 0 Å². The van der Waals surface area contributed by atoms with E-state index in [1.165, 1.54) is 5.56 Å². The average Bonchev–Trinajstić information content (AvgIpc) is 3.29. The van der Waals surface area contributed by atoms with Gasteiger partial charge < -0.3 is 19.5 Å². The Morgan fingerprint density at radius 1 is 1.13 bits per heavy atom. The Bertz CT molecular complexity index is 693. The van der Waals surface area contributed by atoms with Gasteiger partial charge in [0.25, 0.3) is 0 Å². The van der Waals surface area contributed by atoms with Gasteiger partial charge in [-0.15, -0.1) is 0 Å². The highest BCUT2D eigenvalue weighted by Gasteiger charge is 2.42. The van der Waals surface area contributed by atoms with E-state index in [1.807, 2.05) is 12.1 Å². The van der Waals surface area contributed by atoms with Gasteiger partial charge in [-0.2, -0.15) is 0 Å². The molecule has 3 aliphatic rings. The lowest BCUT2D eigenvalue weighted by Crippen LogP contribution is -2.62. The summed E-state index contributed by atoms with van der Waals surface area (Å²) in [6, 6.07) is 8.25. The van der Waals surface area contributed by atoms with E-state index in [2.05, 4.69) is 27.2 Å². The molecular weight excluding hydrogens is 382 g/mol. The largest absolute Gasteiger partial charge is 0.496 e. The Morgan fingerprint density at radius 2 is 1.90 bits per heavy atom. The molecule has 3 aliphatic heterocycles. The first-order valence-corrected chi connectivity index (χ1v) is 11.2. The van der Waals surface area contributed by atoms with Gasteiger partial charge >= 0.3 is 0 Å². The van der Waals surface area contributed by atoms with Crippen LogP contribution in [-0.2, 0) is 20.8 Å². The van der Waals surface area contributed by atoms with E-state index in [0.29, 0.717) is 26.4 Å². The van der Waals surface area contributed by atoms with Crippen LogP contribution in [0.3, 0.4) is 0 Å². The van der Waals surface area contributed by atoms with Crippen LogP contribution in [0.15, 0.2) is 24.3 Å². The fourth-order valence-corrected chi connectivity index (χ4v) is 4.91. The molecule has 7 nitrogen and oxygen atoms in total. The fraction of sp³-hybridized carbons (Fsp3) is 0.696. The van der Waals surface area contributed by atoms with E-state index in [-0.39, 0.29) is 17.4 Å². The zero-order valence-corrected chi connectivity index (χ0v) is 18.1. The molecular formula is C23H35N3O4. The van der Waals surface area contributed by atoms with Crippen molar-refractivity contribution in [3.8, 4) is 5.75 Å². The maximum absolute atomic E-state index is 12.6. The predicted octanol–water partition coefficient (Wildman–Crippen LogP) is 1.51. The lowest BCUT2D eigenvalue weighted by molar-refractivity contribution is -0.128. The van der Waals surface area contributed by atoms with Crippen molar-refractivity contribution in [3.05, 3.63) is 29.8 Å². The van der Waals surface area contributed by atoms with Crippen molar-refractivity contribution in [2.45, 2.75) is 31.3 Å². The third-order valence-electron chi connectivity index (χ3n) is 6.90. The van der Waals surface area contributed by atoms with E-state index in [0.717, 1.165) is 64.3 Å². The Kier molecular flexibility index (Phi) is 7.25. The number of para-hydroxylation sites is 1. The van der Waals surface area contributed by atoms with Crippen molar-refractivity contribution in [1.82, 2.24) is 15.1 Å². The number of nitrogens with zero attached hydrogens (tertiary/aromatic N) is 2. The Labute approximate surface area is 179 Å². The predicted molar refractivity (Wildman–Crippen MR) is 115 cm³/mol. The highest BCUT2D eigenvalue weighted by atomic mass is 16.5. The standard InChI is InChI=1S/C23H35N3O4/c1-28-21-5-3-2-4-20(21)16-25-9-11-26(12-10-25)23(8-15-30-18-23)17-24-22(27)19-6-13-29-14-7-19/h2-5,19H,6-18H2,1H3,(H,24,27). The molecule has 166 valence electrons. The van der Waals surface area contributed by atoms with Crippen LogP contribution in [0.4, 0.5) is 0 Å². The van der Waals surface area contributed by atoms with E-state index < -0.39 is 0 Å². The molecule has 0 aromatic heterocycles. The van der Waals surface area contributed by atoms with Crippen molar-refractivity contribution in [3.63, 3.8) is 0 Å². The van der Waals surface area contributed by atoms with Gasteiger partial charge in [-0.3, -0.25) is 14.6 Å². The number of hydrogen-bond donors (Lipinski definition) is 1. The van der Waals surface area contributed by atoms with Crippen LogP contribution >= 0.6 is 0 Å². The molecule has 3 heterocycles. The fourth-order valence-electron chi connectivity index (χ4n) is 4.91. The minimum absolute atomic E-state index is 0.0721. The Morgan fingerprint density at radius 3 is 2.60 bits per heavy atom. The molecule has 7 heteroatoms. The molecule has 30 heavy (non-hydrogen) atoms. The topological polar surface area (TPSA) is 63.3 Å². The summed E-state index contributed by atoms with van der Waals surface area (Å²) in [6.45, 7) is 8.44. The van der Waals surface area contributed by atoms with Crippen LogP contribution in [0.5, 0.6) is 5.75 Å². The molecule has 1 aromatic carbocycles. The first kappa shape index (κ1) is 21.6. The molecule has 0 saturated carbocycles. The summed E-state index contributed by atoms with van der Waals surface area (Å²) >= 11 is 0. The summed E-state index contributed by atoms with van der Waals surface area (Å²) in [4.78, 5) is 17.7. The monoisotopic (exact) mass is 417 g/mol. The van der Waals surface area contributed by atoms with Crippen molar-refractivity contribution in [2.75, 3.05) is 66.3 Å². The van der Waals surface area contributed by atoms with E-state index in [9.17, 15) is 4.79 Å². The van der Waals surface area contributed by atoms with Crippen LogP contribution < -0.4 is 10.1 Å². The van der Waals surface area contributed by atoms with Gasteiger partial charge in [0, 0.05) is 70.6 Å². The summed E-state index contributed by atoms with van der Waals surface area (Å²) in [7, 11) is 1.73. The van der Waals surface area contributed by atoms with Gasteiger partial charge in [0.05, 0.1) is 19.3 Å². The molecule has 1 aromatic rings. The quantitative estimate of drug-likeness (QED) is 0.726. The number of amides is 1. The van der Waals surface area contributed by atoms with Crippen LogP contribution in [0, 0.1) is 5.92 Å². The summed E-state index contributed by atoms with van der Waals surface area (Å²) in [5.74, 6) is 1.23. The molecule has 0 bridgehead atoms. The van der Waals surface area contributed by atoms with Crippen molar-refractivity contribution >= 4 is 5.91 Å². The van der Waals surface area contributed by atoms with Crippen LogP contribution in [-0.4, -0.2) is 87.5 Å². The number of carbonyl (C=O) groups excluding carboxylic acids is 1. The van der Waals surface area contributed by atoms with Gasteiger partial charge in [-0.1, -0.05) is 18.2 Å². The summed E-state index contributed by atoms with van der Waals surface area (Å²) in [5, 5.41) is 3.25.